The Balaban J connectivity index is 1.74. The molecule has 0 saturated carbocycles. The predicted octanol–water partition coefficient (Wildman–Crippen LogP) is 2.28. The molecule has 2 aromatic heterocycles. The number of nitrogens with one attached hydrogen (secondary N) is 2. The number of thioether (sulfide) groups is 1. The highest BCUT2D eigenvalue weighted by molar-refractivity contribution is 7.99. The lowest BCUT2D eigenvalue weighted by atomic mass is 10.2. The molecule has 2 N–H and O–H groups in total. The summed E-state index contributed by atoms with van der Waals surface area (Å²) < 4.78 is 6.76. The second-order valence-corrected chi connectivity index (χ2v) is 7.06. The van der Waals surface area contributed by atoms with Crippen LogP contribution in [0.25, 0.3) is 5.78 Å². The van der Waals surface area contributed by atoms with Crippen LogP contribution in [0.2, 0.25) is 0 Å². The van der Waals surface area contributed by atoms with Gasteiger partial charge in [-0.25, -0.2) is 4.79 Å². The monoisotopic (exact) mass is 415 g/mol. The standard InChI is InChI=1S/C19H21N5O4S/c1-3-7-12-10-15(25)21-18-22-23-19(24(12)18)29-11-16(26)20-14-9-6-5-8-13(14)17(27)28-4-2/h5-6,8-10H,3-4,7,11H2,1-2H3,(H,20,26)(H,21,22,25). The quantitative estimate of drug-likeness (QED) is 0.428. The number of hydrogen-bond acceptors (Lipinski definition) is 7. The van der Waals surface area contributed by atoms with E-state index in [2.05, 4.69) is 20.5 Å². The number of hydrogen-bond donors (Lipinski definition) is 2. The average Bonchev–Trinajstić information content (AvgIpc) is 3.10. The van der Waals surface area contributed by atoms with Gasteiger partial charge in [-0.1, -0.05) is 37.2 Å². The van der Waals surface area contributed by atoms with Crippen molar-refractivity contribution in [2.45, 2.75) is 31.8 Å². The predicted molar refractivity (Wildman–Crippen MR) is 109 cm³/mol. The number of amides is 1. The molecule has 0 saturated heterocycles. The van der Waals surface area contributed by atoms with Gasteiger partial charge in [-0.15, -0.1) is 10.2 Å². The van der Waals surface area contributed by atoms with Crippen molar-refractivity contribution in [1.82, 2.24) is 19.6 Å². The molecule has 0 aliphatic rings. The molecule has 152 valence electrons. The van der Waals surface area contributed by atoms with Crippen molar-refractivity contribution in [3.05, 3.63) is 51.9 Å². The van der Waals surface area contributed by atoms with Gasteiger partial charge in [0.1, 0.15) is 0 Å². The van der Waals surface area contributed by atoms with Crippen LogP contribution in [0.1, 0.15) is 36.3 Å². The summed E-state index contributed by atoms with van der Waals surface area (Å²) in [6.45, 7) is 3.98. The largest absolute Gasteiger partial charge is 0.462 e. The third-order valence-corrected chi connectivity index (χ3v) is 4.92. The molecule has 0 spiro atoms. The van der Waals surface area contributed by atoms with Gasteiger partial charge in [-0.2, -0.15) is 0 Å². The Kier molecular flexibility index (Phi) is 6.65. The molecule has 3 aromatic rings. The van der Waals surface area contributed by atoms with E-state index >= 15 is 0 Å². The van der Waals surface area contributed by atoms with E-state index in [1.54, 1.807) is 35.6 Å². The molecule has 0 aliphatic heterocycles. The minimum absolute atomic E-state index is 0.0582. The first kappa shape index (κ1) is 20.6. The summed E-state index contributed by atoms with van der Waals surface area (Å²) >= 11 is 1.19. The van der Waals surface area contributed by atoms with Crippen LogP contribution < -0.4 is 10.9 Å². The smallest absolute Gasteiger partial charge is 0.340 e. The molecule has 10 heteroatoms. The fraction of sp³-hybridized carbons (Fsp3) is 0.316. The Hall–Kier alpha value is -3.14. The zero-order valence-electron chi connectivity index (χ0n) is 16.1. The van der Waals surface area contributed by atoms with Gasteiger partial charge in [-0.05, 0) is 25.5 Å². The van der Waals surface area contributed by atoms with Gasteiger partial charge in [-0.3, -0.25) is 19.0 Å². The van der Waals surface area contributed by atoms with Crippen LogP contribution in [-0.2, 0) is 16.0 Å². The van der Waals surface area contributed by atoms with Gasteiger partial charge in [0.2, 0.25) is 11.7 Å². The Morgan fingerprint density at radius 1 is 1.24 bits per heavy atom. The maximum absolute atomic E-state index is 12.4. The van der Waals surface area contributed by atoms with Crippen LogP contribution in [0.3, 0.4) is 0 Å². The molecule has 0 unspecified atom stereocenters. The highest BCUT2D eigenvalue weighted by Crippen LogP contribution is 2.20. The highest BCUT2D eigenvalue weighted by atomic mass is 32.2. The van der Waals surface area contributed by atoms with Crippen LogP contribution in [0.15, 0.2) is 40.3 Å². The Bertz CT molecular complexity index is 1090. The van der Waals surface area contributed by atoms with Crippen LogP contribution in [0.4, 0.5) is 5.69 Å². The third-order valence-electron chi connectivity index (χ3n) is 3.99. The molecule has 29 heavy (non-hydrogen) atoms. The van der Waals surface area contributed by atoms with Gasteiger partial charge in [0.05, 0.1) is 23.6 Å². The number of aryl methyl sites for hydroxylation is 1. The summed E-state index contributed by atoms with van der Waals surface area (Å²) in [5.41, 5.74) is 1.23. The van der Waals surface area contributed by atoms with Crippen molar-refractivity contribution in [3.8, 4) is 0 Å². The molecule has 1 amide bonds. The van der Waals surface area contributed by atoms with E-state index in [1.807, 2.05) is 6.92 Å². The third kappa shape index (κ3) is 4.83. The SMILES string of the molecule is CCCc1cc(=O)[nH]c2nnc(SCC(=O)Nc3ccccc3C(=O)OCC)n12. The topological polar surface area (TPSA) is 118 Å². The summed E-state index contributed by atoms with van der Waals surface area (Å²) in [6.07, 6.45) is 1.54. The lowest BCUT2D eigenvalue weighted by molar-refractivity contribution is -0.113. The number of nitrogens with zero attached hydrogens (tertiary/aromatic N) is 3. The number of aromatic nitrogens is 4. The fourth-order valence-corrected chi connectivity index (χ4v) is 3.56. The van der Waals surface area contributed by atoms with Crippen LogP contribution >= 0.6 is 11.8 Å². The van der Waals surface area contributed by atoms with E-state index in [0.717, 1.165) is 12.1 Å². The second-order valence-electron chi connectivity index (χ2n) is 6.12. The normalized spacial score (nSPS) is 10.8. The van der Waals surface area contributed by atoms with E-state index in [1.165, 1.54) is 17.8 Å². The molecule has 0 radical (unpaired) electrons. The van der Waals surface area contributed by atoms with E-state index < -0.39 is 5.97 Å². The van der Waals surface area contributed by atoms with Gasteiger partial charge < -0.3 is 10.1 Å². The number of esters is 1. The average molecular weight is 415 g/mol. The van der Waals surface area contributed by atoms with Crippen molar-refractivity contribution < 1.29 is 14.3 Å². The van der Waals surface area contributed by atoms with E-state index in [0.29, 0.717) is 28.6 Å². The van der Waals surface area contributed by atoms with Crippen LogP contribution in [0, 0.1) is 0 Å². The molecule has 0 aliphatic carbocycles. The van der Waals surface area contributed by atoms with E-state index in [-0.39, 0.29) is 23.8 Å². The minimum atomic E-state index is -0.493. The number of carbonyl (C=O) groups is 2. The number of ether oxygens (including phenoxy) is 1. The Morgan fingerprint density at radius 3 is 2.79 bits per heavy atom. The number of aromatic amines is 1. The summed E-state index contributed by atoms with van der Waals surface area (Å²) in [5, 5.41) is 11.3. The zero-order chi connectivity index (χ0) is 20.8. The summed E-state index contributed by atoms with van der Waals surface area (Å²) in [7, 11) is 0. The molecule has 1 aromatic carbocycles. The lowest BCUT2D eigenvalue weighted by Gasteiger charge is -2.10. The number of carbonyl (C=O) groups excluding carboxylic acids is 2. The lowest BCUT2D eigenvalue weighted by Crippen LogP contribution is -2.18. The zero-order valence-corrected chi connectivity index (χ0v) is 16.9. The molecule has 3 rings (SSSR count). The maximum Gasteiger partial charge on any atom is 0.340 e. The van der Waals surface area contributed by atoms with Crippen molar-refractivity contribution in [3.63, 3.8) is 0 Å². The molecule has 0 bridgehead atoms. The van der Waals surface area contributed by atoms with Crippen molar-refractivity contribution >= 4 is 35.1 Å². The van der Waals surface area contributed by atoms with Gasteiger partial charge in [0, 0.05) is 11.8 Å². The molecule has 2 heterocycles. The molecule has 0 atom stereocenters. The van der Waals surface area contributed by atoms with Gasteiger partial charge in [0.15, 0.2) is 5.16 Å². The molecular formula is C19H21N5O4S. The molecule has 0 fully saturated rings. The van der Waals surface area contributed by atoms with Gasteiger partial charge in [0.25, 0.3) is 5.56 Å². The van der Waals surface area contributed by atoms with Crippen LogP contribution in [0.5, 0.6) is 0 Å². The first-order chi connectivity index (χ1) is 14.0. The number of rotatable bonds is 8. The van der Waals surface area contributed by atoms with Gasteiger partial charge >= 0.3 is 5.97 Å². The molecular weight excluding hydrogens is 394 g/mol. The first-order valence-electron chi connectivity index (χ1n) is 9.19. The number of anilines is 1. The fourth-order valence-electron chi connectivity index (χ4n) is 2.80. The highest BCUT2D eigenvalue weighted by Gasteiger charge is 2.16. The van der Waals surface area contributed by atoms with E-state index in [4.69, 9.17) is 4.74 Å². The maximum atomic E-state index is 12.4. The summed E-state index contributed by atoms with van der Waals surface area (Å²) in [4.78, 5) is 38.9. The minimum Gasteiger partial charge on any atom is -0.462 e. The number of H-pyrrole nitrogens is 1. The Morgan fingerprint density at radius 2 is 2.03 bits per heavy atom. The Labute approximate surface area is 170 Å². The molecule has 9 nitrogen and oxygen atoms in total. The first-order valence-corrected chi connectivity index (χ1v) is 10.2. The van der Waals surface area contributed by atoms with E-state index in [9.17, 15) is 14.4 Å². The number of fused-ring (bicyclic) bond motifs is 1. The van der Waals surface area contributed by atoms with Crippen molar-refractivity contribution in [1.29, 1.82) is 0 Å². The van der Waals surface area contributed by atoms with Crippen LogP contribution in [-0.4, -0.2) is 43.8 Å². The second kappa shape index (κ2) is 9.37. The summed E-state index contributed by atoms with van der Waals surface area (Å²) in [6, 6.07) is 8.19. The van der Waals surface area contributed by atoms with Crippen molar-refractivity contribution in [2.24, 2.45) is 0 Å². The number of para-hydroxylation sites is 1. The summed E-state index contributed by atoms with van der Waals surface area (Å²) in [5.74, 6) is -0.392. The number of benzene rings is 1. The van der Waals surface area contributed by atoms with Crippen molar-refractivity contribution in [2.75, 3.05) is 17.7 Å².